The van der Waals surface area contributed by atoms with Crippen LogP contribution in [0.15, 0.2) is 42.5 Å². The zero-order chi connectivity index (χ0) is 26.9. The van der Waals surface area contributed by atoms with Crippen molar-refractivity contribution < 1.29 is 23.9 Å². The Kier molecular flexibility index (Phi) is 7.45. The van der Waals surface area contributed by atoms with E-state index >= 15 is 0 Å². The minimum absolute atomic E-state index is 0.0115. The van der Waals surface area contributed by atoms with Crippen molar-refractivity contribution in [3.63, 3.8) is 0 Å². The standard InChI is InChI=1S/C28H31FN4O4/c1-14(34)11-25(35)33-26-15(2)24(30-17(26)4)13-22-21-12-19(7-10-23(21)32-28(22)37)27(36)31-16(3)18-5-8-20(29)9-6-18/h5-10,12,14,16,22,30,34H,11,13H2,1-4H3,(H,31,36)(H,32,37)(H,33,35). The number of aliphatic hydroxyl groups is 1. The largest absolute Gasteiger partial charge is 0.393 e. The molecule has 0 radical (unpaired) electrons. The summed E-state index contributed by atoms with van der Waals surface area (Å²) in [6.07, 6.45) is -0.403. The molecule has 194 valence electrons. The van der Waals surface area contributed by atoms with Crippen molar-refractivity contribution in [1.82, 2.24) is 10.3 Å². The Hall–Kier alpha value is -3.98. The molecular formula is C28H31FN4O4. The highest BCUT2D eigenvalue weighted by molar-refractivity contribution is 6.05. The Morgan fingerprint density at radius 3 is 2.49 bits per heavy atom. The molecule has 0 spiro atoms. The van der Waals surface area contributed by atoms with Gasteiger partial charge in [0, 0.05) is 29.1 Å². The van der Waals surface area contributed by atoms with Crippen molar-refractivity contribution in [2.24, 2.45) is 0 Å². The van der Waals surface area contributed by atoms with E-state index < -0.39 is 12.0 Å². The summed E-state index contributed by atoms with van der Waals surface area (Å²) in [6, 6.07) is 10.7. The molecule has 0 saturated carbocycles. The van der Waals surface area contributed by atoms with Crippen molar-refractivity contribution in [2.75, 3.05) is 10.6 Å². The van der Waals surface area contributed by atoms with Gasteiger partial charge in [-0.3, -0.25) is 14.4 Å². The van der Waals surface area contributed by atoms with E-state index in [1.165, 1.54) is 12.1 Å². The second-order valence-corrected chi connectivity index (χ2v) is 9.62. The third kappa shape index (κ3) is 5.72. The number of aromatic amines is 1. The quantitative estimate of drug-likeness (QED) is 0.313. The van der Waals surface area contributed by atoms with Gasteiger partial charge in [-0.25, -0.2) is 4.39 Å². The predicted molar refractivity (Wildman–Crippen MR) is 139 cm³/mol. The number of aliphatic hydroxyl groups excluding tert-OH is 1. The number of benzene rings is 2. The number of carbonyl (C=O) groups is 3. The Morgan fingerprint density at radius 1 is 1.11 bits per heavy atom. The normalized spacial score (nSPS) is 16.1. The Morgan fingerprint density at radius 2 is 1.81 bits per heavy atom. The Labute approximate surface area is 214 Å². The van der Waals surface area contributed by atoms with E-state index in [9.17, 15) is 23.9 Å². The highest BCUT2D eigenvalue weighted by Crippen LogP contribution is 2.37. The van der Waals surface area contributed by atoms with Crippen LogP contribution in [0.2, 0.25) is 0 Å². The lowest BCUT2D eigenvalue weighted by atomic mass is 9.93. The van der Waals surface area contributed by atoms with Crippen LogP contribution in [0.1, 0.15) is 70.7 Å². The van der Waals surface area contributed by atoms with Crippen molar-refractivity contribution in [1.29, 1.82) is 0 Å². The molecular weight excluding hydrogens is 475 g/mol. The van der Waals surface area contributed by atoms with Crippen molar-refractivity contribution in [3.05, 3.63) is 81.9 Å². The molecule has 2 aromatic carbocycles. The fourth-order valence-corrected chi connectivity index (χ4v) is 4.65. The third-order valence-corrected chi connectivity index (χ3v) is 6.68. The lowest BCUT2D eigenvalue weighted by molar-refractivity contribution is -0.118. The number of aromatic nitrogens is 1. The van der Waals surface area contributed by atoms with E-state index in [0.717, 1.165) is 28.1 Å². The molecule has 3 unspecified atom stereocenters. The van der Waals surface area contributed by atoms with Crippen LogP contribution < -0.4 is 16.0 Å². The van der Waals surface area contributed by atoms with Crippen molar-refractivity contribution in [2.45, 2.75) is 58.6 Å². The summed E-state index contributed by atoms with van der Waals surface area (Å²) in [6.45, 7) is 7.07. The number of aryl methyl sites for hydroxylation is 1. The summed E-state index contributed by atoms with van der Waals surface area (Å²) < 4.78 is 13.2. The summed E-state index contributed by atoms with van der Waals surface area (Å²) in [5, 5.41) is 18.1. The number of fused-ring (bicyclic) bond motifs is 1. The number of rotatable bonds is 8. The van der Waals surface area contributed by atoms with Gasteiger partial charge in [0.05, 0.1) is 30.2 Å². The minimum atomic E-state index is -0.747. The molecule has 0 saturated heterocycles. The molecule has 3 atom stereocenters. The smallest absolute Gasteiger partial charge is 0.251 e. The van der Waals surface area contributed by atoms with Crippen LogP contribution >= 0.6 is 0 Å². The van der Waals surface area contributed by atoms with Crippen LogP contribution in [-0.4, -0.2) is 33.9 Å². The number of amides is 3. The molecule has 5 N–H and O–H groups in total. The molecule has 37 heavy (non-hydrogen) atoms. The maximum absolute atomic E-state index is 13.2. The maximum Gasteiger partial charge on any atom is 0.251 e. The molecule has 1 aromatic heterocycles. The Balaban J connectivity index is 1.52. The van der Waals surface area contributed by atoms with E-state index in [1.807, 2.05) is 20.8 Å². The first-order chi connectivity index (χ1) is 17.5. The summed E-state index contributed by atoms with van der Waals surface area (Å²) in [5.74, 6) is -1.62. The first-order valence-electron chi connectivity index (χ1n) is 12.2. The summed E-state index contributed by atoms with van der Waals surface area (Å²) in [7, 11) is 0. The molecule has 3 aromatic rings. The molecule has 0 aliphatic carbocycles. The van der Waals surface area contributed by atoms with Gasteiger partial charge in [0.1, 0.15) is 5.82 Å². The second-order valence-electron chi connectivity index (χ2n) is 9.62. The van der Waals surface area contributed by atoms with Gasteiger partial charge < -0.3 is 26.0 Å². The number of hydrogen-bond donors (Lipinski definition) is 5. The molecule has 3 amide bonds. The molecule has 0 fully saturated rings. The van der Waals surface area contributed by atoms with Gasteiger partial charge in [-0.05, 0) is 74.7 Å². The SMILES string of the molecule is Cc1[nH]c(CC2C(=O)Nc3ccc(C(=O)NC(C)c4ccc(F)cc4)cc32)c(C)c1NC(=O)CC(C)O. The van der Waals surface area contributed by atoms with Gasteiger partial charge in [-0.15, -0.1) is 0 Å². The number of hydrogen-bond acceptors (Lipinski definition) is 4. The van der Waals surface area contributed by atoms with Crippen LogP contribution in [0.25, 0.3) is 0 Å². The van der Waals surface area contributed by atoms with Gasteiger partial charge in [0.2, 0.25) is 11.8 Å². The highest BCUT2D eigenvalue weighted by atomic mass is 19.1. The van der Waals surface area contributed by atoms with Crippen LogP contribution in [-0.2, 0) is 16.0 Å². The average Bonchev–Trinajstić information content (AvgIpc) is 3.28. The van der Waals surface area contributed by atoms with Crippen LogP contribution in [0.5, 0.6) is 0 Å². The third-order valence-electron chi connectivity index (χ3n) is 6.68. The van der Waals surface area contributed by atoms with Crippen LogP contribution in [0.3, 0.4) is 0 Å². The number of anilines is 2. The second kappa shape index (κ2) is 10.6. The first kappa shape index (κ1) is 26.1. The average molecular weight is 507 g/mol. The maximum atomic E-state index is 13.2. The number of carbonyl (C=O) groups excluding carboxylic acids is 3. The molecule has 9 heteroatoms. The molecule has 4 rings (SSSR count). The van der Waals surface area contributed by atoms with Crippen LogP contribution in [0, 0.1) is 19.7 Å². The minimum Gasteiger partial charge on any atom is -0.393 e. The van der Waals surface area contributed by atoms with Crippen molar-refractivity contribution in [3.8, 4) is 0 Å². The number of halogens is 1. The lowest BCUT2D eigenvalue weighted by Gasteiger charge is -2.15. The van der Waals surface area contributed by atoms with Gasteiger partial charge in [0.25, 0.3) is 5.91 Å². The van der Waals surface area contributed by atoms with Crippen LogP contribution in [0.4, 0.5) is 15.8 Å². The summed E-state index contributed by atoms with van der Waals surface area (Å²) >= 11 is 0. The molecule has 1 aliphatic rings. The summed E-state index contributed by atoms with van der Waals surface area (Å²) in [5.41, 5.74) is 5.59. The molecule has 2 heterocycles. The molecule has 8 nitrogen and oxygen atoms in total. The van der Waals surface area contributed by atoms with E-state index in [0.29, 0.717) is 23.4 Å². The topological polar surface area (TPSA) is 123 Å². The monoisotopic (exact) mass is 506 g/mol. The van der Waals surface area contributed by atoms with E-state index in [2.05, 4.69) is 20.9 Å². The number of H-pyrrole nitrogens is 1. The zero-order valence-corrected chi connectivity index (χ0v) is 21.2. The highest BCUT2D eigenvalue weighted by Gasteiger charge is 2.33. The van der Waals surface area contributed by atoms with Crippen molar-refractivity contribution >= 4 is 29.1 Å². The van der Waals surface area contributed by atoms with E-state index in [4.69, 9.17) is 0 Å². The first-order valence-corrected chi connectivity index (χ1v) is 12.2. The Bertz CT molecular complexity index is 1350. The van der Waals surface area contributed by atoms with Gasteiger partial charge in [-0.2, -0.15) is 0 Å². The molecule has 1 aliphatic heterocycles. The van der Waals surface area contributed by atoms with E-state index in [1.54, 1.807) is 37.3 Å². The van der Waals surface area contributed by atoms with Gasteiger partial charge in [-0.1, -0.05) is 12.1 Å². The zero-order valence-electron chi connectivity index (χ0n) is 21.2. The summed E-state index contributed by atoms with van der Waals surface area (Å²) in [4.78, 5) is 41.3. The molecule has 0 bridgehead atoms. The fourth-order valence-electron chi connectivity index (χ4n) is 4.65. The van der Waals surface area contributed by atoms with Gasteiger partial charge in [0.15, 0.2) is 0 Å². The lowest BCUT2D eigenvalue weighted by Crippen LogP contribution is -2.26. The fraction of sp³-hybridized carbons (Fsp3) is 0.321. The predicted octanol–water partition coefficient (Wildman–Crippen LogP) is 4.25. The number of nitrogens with one attached hydrogen (secondary N) is 4. The van der Waals surface area contributed by atoms with E-state index in [-0.39, 0.29) is 36.0 Å². The van der Waals surface area contributed by atoms with Gasteiger partial charge >= 0.3 is 0 Å².